The van der Waals surface area contributed by atoms with Gasteiger partial charge in [0.1, 0.15) is 5.78 Å². The summed E-state index contributed by atoms with van der Waals surface area (Å²) in [6.45, 7) is 4.28. The van der Waals surface area contributed by atoms with Crippen LogP contribution in [-0.2, 0) is 4.79 Å². The molecule has 2 bridgehead atoms. The van der Waals surface area contributed by atoms with Crippen LogP contribution in [0.1, 0.15) is 33.1 Å². The van der Waals surface area contributed by atoms with Crippen molar-refractivity contribution in [2.45, 2.75) is 33.1 Å². The molecule has 0 heterocycles. The van der Waals surface area contributed by atoms with Crippen molar-refractivity contribution >= 4 is 5.78 Å². The molecule has 2 atom stereocenters. The van der Waals surface area contributed by atoms with Crippen LogP contribution >= 0.6 is 0 Å². The number of Topliss-reactive ketones (excluding diaryl/α,β-unsaturated/α-hetero) is 1. The predicted octanol–water partition coefficient (Wildman–Crippen LogP) is 2.88. The molecule has 1 fully saturated rings. The normalized spacial score (nSPS) is 36.3. The summed E-state index contributed by atoms with van der Waals surface area (Å²) in [5.41, 5.74) is 2.97. The molecule has 0 aromatic heterocycles. The van der Waals surface area contributed by atoms with Gasteiger partial charge in [-0.2, -0.15) is 0 Å². The summed E-state index contributed by atoms with van der Waals surface area (Å²) < 4.78 is 0. The molecular weight excluding hydrogens is 160 g/mol. The number of rotatable bonds is 0. The van der Waals surface area contributed by atoms with Crippen LogP contribution in [0.25, 0.3) is 0 Å². The second-order valence-corrected chi connectivity index (χ2v) is 4.26. The van der Waals surface area contributed by atoms with Crippen molar-refractivity contribution < 1.29 is 4.79 Å². The minimum absolute atomic E-state index is 0.435. The average Bonchev–Trinajstić information content (AvgIpc) is 2.01. The van der Waals surface area contributed by atoms with E-state index < -0.39 is 0 Å². The van der Waals surface area contributed by atoms with Gasteiger partial charge in [-0.15, -0.1) is 0 Å². The molecule has 0 amide bonds. The maximum atomic E-state index is 11.4. The van der Waals surface area contributed by atoms with Crippen LogP contribution in [0.5, 0.6) is 0 Å². The molecule has 2 rings (SSSR count). The molecule has 0 aromatic carbocycles. The van der Waals surface area contributed by atoms with Crippen LogP contribution in [0, 0.1) is 11.8 Å². The highest BCUT2D eigenvalue weighted by molar-refractivity contribution is 5.81. The molecule has 70 valence electrons. The molecule has 0 radical (unpaired) electrons. The number of allylic oxidation sites excluding steroid dienone is 4. The predicted molar refractivity (Wildman–Crippen MR) is 53.4 cm³/mol. The molecular formula is C12H16O. The Morgan fingerprint density at radius 1 is 1.38 bits per heavy atom. The Bertz CT molecular complexity index is 296. The zero-order chi connectivity index (χ0) is 9.42. The molecule has 0 spiro atoms. The summed E-state index contributed by atoms with van der Waals surface area (Å²) >= 11 is 0. The van der Waals surface area contributed by atoms with Gasteiger partial charge in [0.05, 0.1) is 0 Å². The van der Waals surface area contributed by atoms with E-state index in [1.54, 1.807) is 0 Å². The molecule has 1 saturated carbocycles. The van der Waals surface area contributed by atoms with Crippen molar-refractivity contribution in [3.05, 3.63) is 23.3 Å². The molecule has 0 aromatic rings. The Labute approximate surface area is 79.5 Å². The number of hydrogen-bond acceptors (Lipinski definition) is 1. The fourth-order valence-electron chi connectivity index (χ4n) is 2.74. The molecule has 1 heteroatoms. The standard InChI is InChI=1S/C12H16O/c1-3-12-9-4-8(2)5-10(12)7-11(13)6-9/h3-4,9-10H,5-7H2,1-2H3. The second kappa shape index (κ2) is 3.13. The Hall–Kier alpha value is -0.850. The highest BCUT2D eigenvalue weighted by Gasteiger charge is 2.33. The number of fused-ring (bicyclic) bond motifs is 2. The molecule has 2 aliphatic rings. The minimum atomic E-state index is 0.435. The van der Waals surface area contributed by atoms with E-state index in [9.17, 15) is 4.79 Å². The van der Waals surface area contributed by atoms with Gasteiger partial charge in [-0.05, 0) is 26.2 Å². The first-order valence-corrected chi connectivity index (χ1v) is 5.05. The van der Waals surface area contributed by atoms with E-state index in [1.165, 1.54) is 11.1 Å². The Kier molecular flexibility index (Phi) is 2.10. The number of carbonyl (C=O) groups is 1. The van der Waals surface area contributed by atoms with Crippen molar-refractivity contribution in [3.8, 4) is 0 Å². The van der Waals surface area contributed by atoms with Crippen molar-refractivity contribution in [1.29, 1.82) is 0 Å². The van der Waals surface area contributed by atoms with Crippen LogP contribution in [0.4, 0.5) is 0 Å². The van der Waals surface area contributed by atoms with Gasteiger partial charge in [-0.25, -0.2) is 0 Å². The lowest BCUT2D eigenvalue weighted by atomic mass is 9.69. The van der Waals surface area contributed by atoms with E-state index in [2.05, 4.69) is 26.0 Å². The smallest absolute Gasteiger partial charge is 0.134 e. The Morgan fingerprint density at radius 3 is 2.77 bits per heavy atom. The number of hydrogen-bond donors (Lipinski definition) is 0. The van der Waals surface area contributed by atoms with Crippen LogP contribution in [0.15, 0.2) is 23.3 Å². The highest BCUT2D eigenvalue weighted by atomic mass is 16.1. The molecule has 0 aliphatic heterocycles. The summed E-state index contributed by atoms with van der Waals surface area (Å²) in [7, 11) is 0. The van der Waals surface area contributed by atoms with Gasteiger partial charge in [-0.1, -0.05) is 23.3 Å². The van der Waals surface area contributed by atoms with E-state index >= 15 is 0 Å². The maximum Gasteiger partial charge on any atom is 0.134 e. The lowest BCUT2D eigenvalue weighted by Crippen LogP contribution is -2.28. The summed E-state index contributed by atoms with van der Waals surface area (Å²) in [6, 6.07) is 0. The van der Waals surface area contributed by atoms with Crippen LogP contribution in [0.2, 0.25) is 0 Å². The van der Waals surface area contributed by atoms with Gasteiger partial charge in [0.2, 0.25) is 0 Å². The van der Waals surface area contributed by atoms with Crippen LogP contribution in [0.3, 0.4) is 0 Å². The summed E-state index contributed by atoms with van der Waals surface area (Å²) in [4.78, 5) is 11.4. The third kappa shape index (κ3) is 1.48. The largest absolute Gasteiger partial charge is 0.300 e. The number of ketones is 1. The Balaban J connectivity index is 2.35. The van der Waals surface area contributed by atoms with Gasteiger partial charge in [0, 0.05) is 18.8 Å². The van der Waals surface area contributed by atoms with Crippen LogP contribution < -0.4 is 0 Å². The van der Waals surface area contributed by atoms with E-state index in [-0.39, 0.29) is 0 Å². The van der Waals surface area contributed by atoms with Gasteiger partial charge in [0.25, 0.3) is 0 Å². The van der Waals surface area contributed by atoms with Gasteiger partial charge in [-0.3, -0.25) is 4.79 Å². The third-order valence-electron chi connectivity index (χ3n) is 3.21. The molecule has 0 saturated heterocycles. The number of carbonyl (C=O) groups excluding carboxylic acids is 1. The van der Waals surface area contributed by atoms with E-state index in [4.69, 9.17) is 0 Å². The first kappa shape index (κ1) is 8.74. The minimum Gasteiger partial charge on any atom is -0.300 e. The van der Waals surface area contributed by atoms with Gasteiger partial charge in [0.15, 0.2) is 0 Å². The molecule has 0 N–H and O–H groups in total. The van der Waals surface area contributed by atoms with Crippen molar-refractivity contribution in [2.75, 3.05) is 0 Å². The zero-order valence-electron chi connectivity index (χ0n) is 8.34. The average molecular weight is 176 g/mol. The van der Waals surface area contributed by atoms with E-state index in [1.807, 2.05) is 0 Å². The molecule has 2 unspecified atom stereocenters. The monoisotopic (exact) mass is 176 g/mol. The van der Waals surface area contributed by atoms with Gasteiger partial charge >= 0.3 is 0 Å². The zero-order valence-corrected chi connectivity index (χ0v) is 8.34. The topological polar surface area (TPSA) is 17.1 Å². The quantitative estimate of drug-likeness (QED) is 0.519. The summed E-state index contributed by atoms with van der Waals surface area (Å²) in [5, 5.41) is 0. The van der Waals surface area contributed by atoms with Crippen LogP contribution in [-0.4, -0.2) is 5.78 Å². The SMILES string of the molecule is CC=C1C2C=C(C)CC1CC(=O)C2. The first-order chi connectivity index (χ1) is 6.20. The van der Waals surface area contributed by atoms with Crippen molar-refractivity contribution in [3.63, 3.8) is 0 Å². The Morgan fingerprint density at radius 2 is 2.15 bits per heavy atom. The maximum absolute atomic E-state index is 11.4. The summed E-state index contributed by atoms with van der Waals surface area (Å²) in [5.74, 6) is 1.41. The van der Waals surface area contributed by atoms with Gasteiger partial charge < -0.3 is 0 Å². The molecule has 2 aliphatic carbocycles. The molecule has 13 heavy (non-hydrogen) atoms. The van der Waals surface area contributed by atoms with E-state index in [0.717, 1.165) is 19.3 Å². The van der Waals surface area contributed by atoms with Crippen molar-refractivity contribution in [1.82, 2.24) is 0 Å². The first-order valence-electron chi connectivity index (χ1n) is 5.05. The highest BCUT2D eigenvalue weighted by Crippen LogP contribution is 2.41. The van der Waals surface area contributed by atoms with E-state index in [0.29, 0.717) is 17.6 Å². The third-order valence-corrected chi connectivity index (χ3v) is 3.21. The fraction of sp³-hybridized carbons (Fsp3) is 0.583. The fourth-order valence-corrected chi connectivity index (χ4v) is 2.74. The molecule has 1 nitrogen and oxygen atoms in total. The lowest BCUT2D eigenvalue weighted by molar-refractivity contribution is -0.121. The summed E-state index contributed by atoms with van der Waals surface area (Å²) in [6.07, 6.45) is 7.12. The second-order valence-electron chi connectivity index (χ2n) is 4.26. The lowest BCUT2D eigenvalue weighted by Gasteiger charge is -2.35. The van der Waals surface area contributed by atoms with Crippen molar-refractivity contribution in [2.24, 2.45) is 11.8 Å².